The van der Waals surface area contributed by atoms with Crippen LogP contribution in [0.3, 0.4) is 0 Å². The number of carbonyl (C=O) groups excluding carboxylic acids is 1. The summed E-state index contributed by atoms with van der Waals surface area (Å²) in [5.41, 5.74) is 0.841. The maximum absolute atomic E-state index is 12.4. The zero-order chi connectivity index (χ0) is 17.0. The summed E-state index contributed by atoms with van der Waals surface area (Å²) in [7, 11) is 1.33. The summed E-state index contributed by atoms with van der Waals surface area (Å²) < 4.78 is 46.1. The molecule has 0 heterocycles. The molecule has 0 spiro atoms. The fraction of sp³-hybridized carbons (Fsp3) is 0.125. The van der Waals surface area contributed by atoms with E-state index in [1.165, 1.54) is 19.2 Å². The number of aldehydes is 1. The van der Waals surface area contributed by atoms with Crippen molar-refractivity contribution in [3.05, 3.63) is 47.5 Å². The smallest absolute Gasteiger partial charge is 0.495 e. The highest BCUT2D eigenvalue weighted by Crippen LogP contribution is 2.37. The van der Waals surface area contributed by atoms with E-state index in [0.717, 1.165) is 12.1 Å². The number of nitrogens with zero attached hydrogens (tertiary/aromatic N) is 1. The van der Waals surface area contributed by atoms with Crippen molar-refractivity contribution in [3.8, 4) is 28.7 Å². The molecular weight excluding hydrogens is 311 g/mol. The second-order valence-electron chi connectivity index (χ2n) is 4.41. The second kappa shape index (κ2) is 6.40. The zero-order valence-corrected chi connectivity index (χ0v) is 11.8. The van der Waals surface area contributed by atoms with Crippen LogP contribution in [0.2, 0.25) is 0 Å². The van der Waals surface area contributed by atoms with Gasteiger partial charge in [-0.15, -0.1) is 13.2 Å². The van der Waals surface area contributed by atoms with E-state index in [1.807, 2.05) is 6.07 Å². The third-order valence-corrected chi connectivity index (χ3v) is 3.01. The molecule has 0 aliphatic carbocycles. The predicted molar refractivity (Wildman–Crippen MR) is 75.2 cm³/mol. The highest BCUT2D eigenvalue weighted by molar-refractivity contribution is 5.87. The Bertz CT molecular complexity index is 779. The van der Waals surface area contributed by atoms with Gasteiger partial charge in [-0.05, 0) is 24.3 Å². The molecule has 2 aromatic rings. The van der Waals surface area contributed by atoms with Gasteiger partial charge >= 0.3 is 6.36 Å². The van der Waals surface area contributed by atoms with Gasteiger partial charge in [-0.25, -0.2) is 0 Å². The van der Waals surface area contributed by atoms with E-state index in [1.54, 1.807) is 12.1 Å². The molecule has 23 heavy (non-hydrogen) atoms. The molecule has 0 bridgehead atoms. The molecule has 0 saturated heterocycles. The normalized spacial score (nSPS) is 10.7. The van der Waals surface area contributed by atoms with Gasteiger partial charge in [0.15, 0.2) is 6.29 Å². The lowest BCUT2D eigenvalue weighted by Gasteiger charge is -2.14. The molecule has 0 aromatic heterocycles. The Balaban J connectivity index is 2.65. The molecule has 0 radical (unpaired) electrons. The van der Waals surface area contributed by atoms with Gasteiger partial charge in [0.05, 0.1) is 24.3 Å². The summed E-state index contributed by atoms with van der Waals surface area (Å²) in [6, 6.07) is 9.81. The zero-order valence-electron chi connectivity index (χ0n) is 11.8. The van der Waals surface area contributed by atoms with E-state index in [4.69, 9.17) is 10.00 Å². The van der Waals surface area contributed by atoms with Crippen molar-refractivity contribution in [1.29, 1.82) is 5.26 Å². The van der Waals surface area contributed by atoms with Crippen LogP contribution in [0.5, 0.6) is 11.5 Å². The molecule has 0 fully saturated rings. The predicted octanol–water partition coefficient (Wildman–Crippen LogP) is 3.94. The fourth-order valence-electron chi connectivity index (χ4n) is 2.13. The number of halogens is 3. The van der Waals surface area contributed by atoms with Crippen LogP contribution in [0, 0.1) is 11.3 Å². The number of hydrogen-bond acceptors (Lipinski definition) is 4. The van der Waals surface area contributed by atoms with Gasteiger partial charge in [-0.1, -0.05) is 12.1 Å². The Kier molecular flexibility index (Phi) is 4.55. The number of para-hydroxylation sites is 1. The molecule has 0 amide bonds. The lowest BCUT2D eigenvalue weighted by molar-refractivity contribution is -0.274. The van der Waals surface area contributed by atoms with E-state index in [2.05, 4.69) is 4.74 Å². The quantitative estimate of drug-likeness (QED) is 0.800. The van der Waals surface area contributed by atoms with Gasteiger partial charge in [0, 0.05) is 11.1 Å². The third-order valence-electron chi connectivity index (χ3n) is 3.01. The van der Waals surface area contributed by atoms with E-state index in [-0.39, 0.29) is 22.4 Å². The monoisotopic (exact) mass is 321 g/mol. The molecule has 2 aromatic carbocycles. The summed E-state index contributed by atoms with van der Waals surface area (Å²) in [6.45, 7) is 0. The van der Waals surface area contributed by atoms with Crippen molar-refractivity contribution >= 4 is 6.29 Å². The van der Waals surface area contributed by atoms with Crippen molar-refractivity contribution in [2.24, 2.45) is 0 Å². The highest BCUT2D eigenvalue weighted by Gasteiger charge is 2.31. The Hall–Kier alpha value is -3.01. The van der Waals surface area contributed by atoms with Crippen LogP contribution in [0.1, 0.15) is 15.9 Å². The van der Waals surface area contributed by atoms with Crippen molar-refractivity contribution < 1.29 is 27.4 Å². The number of carbonyl (C=O) groups is 1. The molecule has 7 heteroatoms. The Morgan fingerprint density at radius 1 is 1.17 bits per heavy atom. The summed E-state index contributed by atoms with van der Waals surface area (Å²) in [5.74, 6) is -0.298. The van der Waals surface area contributed by atoms with Gasteiger partial charge in [0.1, 0.15) is 11.5 Å². The molecule has 4 nitrogen and oxygen atoms in total. The van der Waals surface area contributed by atoms with Crippen LogP contribution in [0.25, 0.3) is 11.1 Å². The number of alkyl halides is 3. The molecule has 0 aliphatic heterocycles. The molecule has 0 saturated carbocycles. The number of methoxy groups -OCH3 is 1. The van der Waals surface area contributed by atoms with Gasteiger partial charge in [0.25, 0.3) is 0 Å². The van der Waals surface area contributed by atoms with Crippen LogP contribution < -0.4 is 9.47 Å². The molecule has 0 unspecified atom stereocenters. The maximum Gasteiger partial charge on any atom is 0.573 e. The Morgan fingerprint density at radius 2 is 1.91 bits per heavy atom. The summed E-state index contributed by atoms with van der Waals surface area (Å²) in [4.78, 5) is 11.1. The van der Waals surface area contributed by atoms with Crippen molar-refractivity contribution in [3.63, 3.8) is 0 Å². The summed E-state index contributed by atoms with van der Waals surface area (Å²) in [6.07, 6.45) is -4.29. The molecule has 0 aliphatic rings. The molecule has 0 N–H and O–H groups in total. The van der Waals surface area contributed by atoms with Crippen molar-refractivity contribution in [1.82, 2.24) is 0 Å². The minimum absolute atomic E-state index is 0.126. The van der Waals surface area contributed by atoms with Gasteiger partial charge in [-0.3, -0.25) is 4.79 Å². The van der Waals surface area contributed by atoms with Crippen LogP contribution in [-0.4, -0.2) is 19.8 Å². The maximum atomic E-state index is 12.4. The minimum Gasteiger partial charge on any atom is -0.495 e. The third kappa shape index (κ3) is 3.61. The number of rotatable bonds is 4. The topological polar surface area (TPSA) is 59.3 Å². The first-order valence-corrected chi connectivity index (χ1v) is 6.32. The number of hydrogen-bond donors (Lipinski definition) is 0. The lowest BCUT2D eigenvalue weighted by atomic mass is 9.97. The first-order chi connectivity index (χ1) is 10.9. The lowest BCUT2D eigenvalue weighted by Crippen LogP contribution is -2.17. The molecule has 118 valence electrons. The first kappa shape index (κ1) is 16.4. The molecular formula is C16H10F3NO3. The highest BCUT2D eigenvalue weighted by atomic mass is 19.4. The van der Waals surface area contributed by atoms with Crippen LogP contribution >= 0.6 is 0 Å². The van der Waals surface area contributed by atoms with E-state index < -0.39 is 12.1 Å². The van der Waals surface area contributed by atoms with Gasteiger partial charge in [-0.2, -0.15) is 5.26 Å². The summed E-state index contributed by atoms with van der Waals surface area (Å²) in [5, 5.41) is 9.17. The van der Waals surface area contributed by atoms with Crippen LogP contribution in [0.15, 0.2) is 36.4 Å². The standard InChI is InChI=1S/C16H10F3NO3/c1-22-15-11(9-21)3-2-4-13(15)14-7-12(23-16(17,18)19)6-5-10(14)8-20/h2-7,9H,1H3. The van der Waals surface area contributed by atoms with E-state index in [0.29, 0.717) is 11.8 Å². The van der Waals surface area contributed by atoms with Gasteiger partial charge < -0.3 is 9.47 Å². The average molecular weight is 321 g/mol. The van der Waals surface area contributed by atoms with Crippen molar-refractivity contribution in [2.45, 2.75) is 6.36 Å². The number of ether oxygens (including phenoxy) is 2. The first-order valence-electron chi connectivity index (χ1n) is 6.32. The average Bonchev–Trinajstić information content (AvgIpc) is 2.52. The van der Waals surface area contributed by atoms with Gasteiger partial charge in [0.2, 0.25) is 0 Å². The summed E-state index contributed by atoms with van der Waals surface area (Å²) >= 11 is 0. The SMILES string of the molecule is COc1c(C=O)cccc1-c1cc(OC(F)(F)F)ccc1C#N. The van der Waals surface area contributed by atoms with Crippen molar-refractivity contribution in [2.75, 3.05) is 7.11 Å². The largest absolute Gasteiger partial charge is 0.573 e. The number of nitriles is 1. The van der Waals surface area contributed by atoms with Crippen LogP contribution in [-0.2, 0) is 0 Å². The Labute approximate surface area is 129 Å². The Morgan fingerprint density at radius 3 is 2.48 bits per heavy atom. The van der Waals surface area contributed by atoms with E-state index in [9.17, 15) is 18.0 Å². The number of benzene rings is 2. The molecule has 2 rings (SSSR count). The minimum atomic E-state index is -4.85. The van der Waals surface area contributed by atoms with E-state index >= 15 is 0 Å². The van der Waals surface area contributed by atoms with Crippen LogP contribution in [0.4, 0.5) is 13.2 Å². The molecule has 0 atom stereocenters. The second-order valence-corrected chi connectivity index (χ2v) is 4.41. The fourth-order valence-corrected chi connectivity index (χ4v) is 2.13.